The second-order valence-corrected chi connectivity index (χ2v) is 6.60. The van der Waals surface area contributed by atoms with Gasteiger partial charge in [0.15, 0.2) is 0 Å². The first kappa shape index (κ1) is 14.6. The van der Waals surface area contributed by atoms with Crippen molar-refractivity contribution in [2.75, 3.05) is 0 Å². The van der Waals surface area contributed by atoms with Gasteiger partial charge < -0.3 is 5.11 Å². The Morgan fingerprint density at radius 2 is 1.86 bits per heavy atom. The van der Waals surface area contributed by atoms with E-state index in [4.69, 9.17) is 11.6 Å². The zero-order chi connectivity index (χ0) is 14.9. The average molecular weight is 306 g/mol. The molecule has 1 aromatic carbocycles. The van der Waals surface area contributed by atoms with Gasteiger partial charge in [-0.15, -0.1) is 0 Å². The molecule has 3 nitrogen and oxygen atoms in total. The van der Waals surface area contributed by atoms with E-state index in [0.717, 1.165) is 62.5 Å². The topological polar surface area (TPSA) is 49.7 Å². The third kappa shape index (κ3) is 2.49. The van der Waals surface area contributed by atoms with Gasteiger partial charge >= 0.3 is 0 Å². The normalized spacial score (nSPS) is 20.4. The van der Waals surface area contributed by atoms with E-state index in [-0.39, 0.29) is 5.75 Å². The summed E-state index contributed by atoms with van der Waals surface area (Å²) >= 11 is 6.44. The number of halogens is 1. The van der Waals surface area contributed by atoms with Crippen molar-refractivity contribution in [2.24, 2.45) is 4.99 Å². The third-order valence-electron chi connectivity index (χ3n) is 5.00. The predicted octanol–water partition coefficient (Wildman–Crippen LogP) is 4.42. The largest absolute Gasteiger partial charge is 0.506 e. The standard InChI is InChI=1S/C17H20ClNO2/c18-15-13-7-3-1-2-6-12(13)10-14(16(15)21)17(19-11-20)8-4-5-9-17/h10,21H,1-9H2. The fourth-order valence-electron chi connectivity index (χ4n) is 3.86. The molecule has 0 aliphatic heterocycles. The maximum Gasteiger partial charge on any atom is 0.235 e. The van der Waals surface area contributed by atoms with E-state index in [1.54, 1.807) is 6.08 Å². The number of rotatable bonds is 2. The summed E-state index contributed by atoms with van der Waals surface area (Å²) in [6.45, 7) is 0. The Balaban J connectivity index is 2.17. The number of carbonyl (C=O) groups excluding carboxylic acids is 1. The maximum atomic E-state index is 10.9. The first-order valence-electron chi connectivity index (χ1n) is 7.81. The van der Waals surface area contributed by atoms with Gasteiger partial charge in [-0.1, -0.05) is 30.9 Å². The van der Waals surface area contributed by atoms with Gasteiger partial charge in [-0.3, -0.25) is 0 Å². The number of aliphatic imine (C=N–C) groups is 1. The number of aryl methyl sites for hydroxylation is 1. The van der Waals surface area contributed by atoms with Crippen LogP contribution in [0.15, 0.2) is 11.1 Å². The Hall–Kier alpha value is -1.31. The van der Waals surface area contributed by atoms with Gasteiger partial charge in [-0.05, 0) is 55.7 Å². The summed E-state index contributed by atoms with van der Waals surface area (Å²) in [6, 6.07) is 2.05. The Kier molecular flexibility index (Phi) is 4.05. The molecule has 1 fully saturated rings. The third-order valence-corrected chi connectivity index (χ3v) is 5.41. The molecule has 0 atom stereocenters. The smallest absolute Gasteiger partial charge is 0.235 e. The summed E-state index contributed by atoms with van der Waals surface area (Å²) in [6.07, 6.45) is 10.7. The average Bonchev–Trinajstić information content (AvgIpc) is 2.81. The lowest BCUT2D eigenvalue weighted by Gasteiger charge is -2.26. The van der Waals surface area contributed by atoms with Crippen LogP contribution in [0.4, 0.5) is 0 Å². The Morgan fingerprint density at radius 3 is 2.57 bits per heavy atom. The van der Waals surface area contributed by atoms with Crippen molar-refractivity contribution in [3.63, 3.8) is 0 Å². The van der Waals surface area contributed by atoms with Crippen LogP contribution in [0.5, 0.6) is 5.75 Å². The van der Waals surface area contributed by atoms with Crippen molar-refractivity contribution < 1.29 is 9.90 Å². The lowest BCUT2D eigenvalue weighted by atomic mass is 9.85. The van der Waals surface area contributed by atoms with Gasteiger partial charge in [0.05, 0.1) is 5.02 Å². The first-order valence-corrected chi connectivity index (χ1v) is 8.18. The van der Waals surface area contributed by atoms with E-state index < -0.39 is 5.54 Å². The van der Waals surface area contributed by atoms with Crippen LogP contribution in [-0.2, 0) is 23.2 Å². The quantitative estimate of drug-likeness (QED) is 0.499. The summed E-state index contributed by atoms with van der Waals surface area (Å²) in [7, 11) is 0. The SMILES string of the molecule is O=C=NC1(c2cc3c(c(Cl)c2O)CCCCC3)CCCC1. The van der Waals surface area contributed by atoms with Gasteiger partial charge in [0, 0.05) is 5.56 Å². The number of nitrogens with zero attached hydrogens (tertiary/aromatic N) is 1. The van der Waals surface area contributed by atoms with E-state index in [1.165, 1.54) is 12.0 Å². The fraction of sp³-hybridized carbons (Fsp3) is 0.588. The highest BCUT2D eigenvalue weighted by Gasteiger charge is 2.39. The van der Waals surface area contributed by atoms with Crippen LogP contribution in [0.2, 0.25) is 5.02 Å². The molecule has 0 unspecified atom stereocenters. The summed E-state index contributed by atoms with van der Waals surface area (Å²) in [5.41, 5.74) is 2.42. The molecule has 0 spiro atoms. The van der Waals surface area contributed by atoms with Crippen LogP contribution in [-0.4, -0.2) is 11.2 Å². The molecule has 4 heteroatoms. The number of isocyanates is 1. The second kappa shape index (κ2) is 5.82. The molecule has 1 N–H and O–H groups in total. The summed E-state index contributed by atoms with van der Waals surface area (Å²) < 4.78 is 0. The van der Waals surface area contributed by atoms with Crippen LogP contribution < -0.4 is 0 Å². The van der Waals surface area contributed by atoms with Gasteiger partial charge in [0.25, 0.3) is 0 Å². The molecule has 0 heterocycles. The van der Waals surface area contributed by atoms with Gasteiger partial charge in [0.1, 0.15) is 11.3 Å². The van der Waals surface area contributed by atoms with Crippen LogP contribution >= 0.6 is 11.6 Å². The molecule has 1 saturated carbocycles. The van der Waals surface area contributed by atoms with Crippen molar-refractivity contribution in [1.29, 1.82) is 0 Å². The molecule has 0 bridgehead atoms. The Morgan fingerprint density at radius 1 is 1.14 bits per heavy atom. The summed E-state index contributed by atoms with van der Waals surface area (Å²) in [5.74, 6) is 0.123. The van der Waals surface area contributed by atoms with E-state index >= 15 is 0 Å². The molecule has 2 aliphatic carbocycles. The number of phenolic OH excluding ortho intramolecular Hbond substituents is 1. The van der Waals surface area contributed by atoms with Gasteiger partial charge in [0.2, 0.25) is 6.08 Å². The molecule has 0 saturated heterocycles. The number of phenols is 1. The van der Waals surface area contributed by atoms with Gasteiger partial charge in [-0.25, -0.2) is 4.79 Å². The molecule has 3 rings (SSSR count). The minimum Gasteiger partial charge on any atom is -0.506 e. The molecule has 0 radical (unpaired) electrons. The van der Waals surface area contributed by atoms with E-state index in [0.29, 0.717) is 5.02 Å². The van der Waals surface area contributed by atoms with Crippen LogP contribution in [0.1, 0.15) is 61.6 Å². The molecule has 0 aromatic heterocycles. The number of fused-ring (bicyclic) bond motifs is 1. The lowest BCUT2D eigenvalue weighted by Crippen LogP contribution is -2.20. The van der Waals surface area contributed by atoms with Gasteiger partial charge in [-0.2, -0.15) is 4.99 Å². The zero-order valence-corrected chi connectivity index (χ0v) is 12.9. The van der Waals surface area contributed by atoms with Crippen molar-refractivity contribution in [3.8, 4) is 5.75 Å². The maximum absolute atomic E-state index is 10.9. The Bertz CT molecular complexity index is 599. The summed E-state index contributed by atoms with van der Waals surface area (Å²) in [5, 5.41) is 11.0. The molecular weight excluding hydrogens is 286 g/mol. The number of hydrogen-bond acceptors (Lipinski definition) is 3. The monoisotopic (exact) mass is 305 g/mol. The number of aromatic hydroxyl groups is 1. The highest BCUT2D eigenvalue weighted by molar-refractivity contribution is 6.33. The van der Waals surface area contributed by atoms with Crippen LogP contribution in [0.25, 0.3) is 0 Å². The molecule has 0 amide bonds. The molecule has 112 valence electrons. The number of benzene rings is 1. The van der Waals surface area contributed by atoms with E-state index in [1.807, 2.05) is 6.07 Å². The first-order chi connectivity index (χ1) is 10.2. The number of hydrogen-bond donors (Lipinski definition) is 1. The van der Waals surface area contributed by atoms with Crippen molar-refractivity contribution in [1.82, 2.24) is 0 Å². The molecule has 1 aromatic rings. The second-order valence-electron chi connectivity index (χ2n) is 6.23. The zero-order valence-electron chi connectivity index (χ0n) is 12.1. The van der Waals surface area contributed by atoms with Crippen molar-refractivity contribution in [2.45, 2.75) is 63.3 Å². The molecule has 2 aliphatic rings. The van der Waals surface area contributed by atoms with E-state index in [9.17, 15) is 9.90 Å². The minimum atomic E-state index is -0.614. The van der Waals surface area contributed by atoms with Crippen molar-refractivity contribution >= 4 is 17.7 Å². The molecular formula is C17H20ClNO2. The fourth-order valence-corrected chi connectivity index (χ4v) is 4.18. The van der Waals surface area contributed by atoms with E-state index in [2.05, 4.69) is 4.99 Å². The Labute approximate surface area is 130 Å². The molecule has 21 heavy (non-hydrogen) atoms. The lowest BCUT2D eigenvalue weighted by molar-refractivity contribution is 0.408. The summed E-state index contributed by atoms with van der Waals surface area (Å²) in [4.78, 5) is 14.9. The van der Waals surface area contributed by atoms with Crippen LogP contribution in [0.3, 0.4) is 0 Å². The minimum absolute atomic E-state index is 0.123. The van der Waals surface area contributed by atoms with Crippen molar-refractivity contribution in [3.05, 3.63) is 27.8 Å². The van der Waals surface area contributed by atoms with Crippen LogP contribution in [0, 0.1) is 0 Å². The highest BCUT2D eigenvalue weighted by atomic mass is 35.5. The predicted molar refractivity (Wildman–Crippen MR) is 82.6 cm³/mol. The highest BCUT2D eigenvalue weighted by Crippen LogP contribution is 2.49.